The Morgan fingerprint density at radius 3 is 2.75 bits per heavy atom. The zero-order valence-electron chi connectivity index (χ0n) is 11.7. The van der Waals surface area contributed by atoms with Crippen molar-refractivity contribution in [3.05, 3.63) is 54.1 Å². The van der Waals surface area contributed by atoms with Crippen LogP contribution in [0.1, 0.15) is 30.4 Å². The number of likely N-dealkylation sites (N-methyl/N-ethyl adjacent to an activating group) is 1. The molecule has 0 aliphatic carbocycles. The standard InChI is InChI=1S/C15H18N4S/c1-3-19-14(12-8-6-10-18(12)2)13(17-15(19)20)11-7-4-5-9-16-11/h4-10,13-14H,3H2,1-2H3,(H,17,20)/t13-,14+/m0/s1. The van der Waals surface area contributed by atoms with Gasteiger partial charge in [0.25, 0.3) is 0 Å². The van der Waals surface area contributed by atoms with E-state index < -0.39 is 0 Å². The maximum absolute atomic E-state index is 5.49. The van der Waals surface area contributed by atoms with Crippen molar-refractivity contribution in [1.29, 1.82) is 0 Å². The fourth-order valence-corrected chi connectivity index (χ4v) is 3.22. The fraction of sp³-hybridized carbons (Fsp3) is 0.333. The van der Waals surface area contributed by atoms with Gasteiger partial charge in [-0.2, -0.15) is 0 Å². The lowest BCUT2D eigenvalue weighted by Gasteiger charge is -2.27. The highest BCUT2D eigenvalue weighted by atomic mass is 32.1. The molecule has 3 rings (SSSR count). The molecule has 0 saturated carbocycles. The molecule has 0 aromatic carbocycles. The third-order valence-corrected chi connectivity index (χ3v) is 4.18. The first-order chi connectivity index (χ1) is 9.72. The largest absolute Gasteiger partial charge is 0.353 e. The van der Waals surface area contributed by atoms with Gasteiger partial charge in [0.1, 0.15) is 0 Å². The zero-order chi connectivity index (χ0) is 14.1. The second-order valence-corrected chi connectivity index (χ2v) is 5.34. The van der Waals surface area contributed by atoms with E-state index in [0.29, 0.717) is 0 Å². The lowest BCUT2D eigenvalue weighted by molar-refractivity contribution is 0.318. The van der Waals surface area contributed by atoms with Gasteiger partial charge in [0.05, 0.1) is 17.8 Å². The first-order valence-electron chi connectivity index (χ1n) is 6.81. The number of hydrogen-bond donors (Lipinski definition) is 1. The van der Waals surface area contributed by atoms with Crippen LogP contribution in [0.4, 0.5) is 0 Å². The van der Waals surface area contributed by atoms with E-state index in [9.17, 15) is 0 Å². The van der Waals surface area contributed by atoms with Crippen molar-refractivity contribution in [2.75, 3.05) is 6.54 Å². The van der Waals surface area contributed by atoms with Crippen molar-refractivity contribution in [3.8, 4) is 0 Å². The Balaban J connectivity index is 2.05. The van der Waals surface area contributed by atoms with Crippen LogP contribution in [0.5, 0.6) is 0 Å². The van der Waals surface area contributed by atoms with E-state index in [4.69, 9.17) is 12.2 Å². The number of nitrogens with one attached hydrogen (secondary N) is 1. The Labute approximate surface area is 124 Å². The number of nitrogens with zero attached hydrogens (tertiary/aromatic N) is 3. The minimum absolute atomic E-state index is 0.0947. The maximum Gasteiger partial charge on any atom is 0.170 e. The smallest absolute Gasteiger partial charge is 0.170 e. The number of rotatable bonds is 3. The highest BCUT2D eigenvalue weighted by molar-refractivity contribution is 7.80. The Bertz CT molecular complexity index is 607. The van der Waals surface area contributed by atoms with Gasteiger partial charge in [-0.3, -0.25) is 4.98 Å². The van der Waals surface area contributed by atoms with Gasteiger partial charge in [-0.15, -0.1) is 0 Å². The van der Waals surface area contributed by atoms with Crippen molar-refractivity contribution in [2.45, 2.75) is 19.0 Å². The molecule has 2 aromatic heterocycles. The van der Waals surface area contributed by atoms with Crippen molar-refractivity contribution >= 4 is 17.3 Å². The lowest BCUT2D eigenvalue weighted by atomic mass is 10.0. The third kappa shape index (κ3) is 2.08. The molecule has 3 heterocycles. The van der Waals surface area contributed by atoms with E-state index in [1.54, 1.807) is 0 Å². The molecule has 2 aromatic rings. The van der Waals surface area contributed by atoms with E-state index in [1.807, 2.05) is 18.3 Å². The molecule has 0 radical (unpaired) electrons. The molecule has 0 amide bonds. The van der Waals surface area contributed by atoms with Gasteiger partial charge in [-0.25, -0.2) is 0 Å². The van der Waals surface area contributed by atoms with Gasteiger partial charge in [0.15, 0.2) is 5.11 Å². The molecule has 1 fully saturated rings. The maximum atomic E-state index is 5.49. The monoisotopic (exact) mass is 286 g/mol. The van der Waals surface area contributed by atoms with Crippen LogP contribution < -0.4 is 5.32 Å². The molecular formula is C15H18N4S. The summed E-state index contributed by atoms with van der Waals surface area (Å²) in [6.07, 6.45) is 3.90. The molecule has 1 aliphatic rings. The van der Waals surface area contributed by atoms with Gasteiger partial charge in [-0.05, 0) is 43.4 Å². The van der Waals surface area contributed by atoms with Crippen LogP contribution in [0.25, 0.3) is 0 Å². The van der Waals surface area contributed by atoms with Gasteiger partial charge in [-0.1, -0.05) is 6.07 Å². The molecular weight excluding hydrogens is 268 g/mol. The summed E-state index contributed by atoms with van der Waals surface area (Å²) in [6.45, 7) is 3.01. The summed E-state index contributed by atoms with van der Waals surface area (Å²) in [4.78, 5) is 6.72. The molecule has 2 atom stereocenters. The van der Waals surface area contributed by atoms with Crippen LogP contribution in [0, 0.1) is 0 Å². The molecule has 20 heavy (non-hydrogen) atoms. The minimum atomic E-state index is 0.0947. The van der Waals surface area contributed by atoms with Crippen molar-refractivity contribution in [2.24, 2.45) is 7.05 Å². The van der Waals surface area contributed by atoms with Gasteiger partial charge in [0.2, 0.25) is 0 Å². The van der Waals surface area contributed by atoms with Gasteiger partial charge in [0, 0.05) is 31.7 Å². The lowest BCUT2D eigenvalue weighted by Crippen LogP contribution is -2.29. The van der Waals surface area contributed by atoms with Crippen LogP contribution in [0.3, 0.4) is 0 Å². The molecule has 5 heteroatoms. The third-order valence-electron chi connectivity index (χ3n) is 3.83. The molecule has 0 unspecified atom stereocenters. The highest BCUT2D eigenvalue weighted by Gasteiger charge is 2.39. The Morgan fingerprint density at radius 1 is 1.30 bits per heavy atom. The van der Waals surface area contributed by atoms with E-state index in [0.717, 1.165) is 17.4 Å². The summed E-state index contributed by atoms with van der Waals surface area (Å²) in [7, 11) is 2.07. The number of thiocarbonyl (C=S) groups is 1. The fourth-order valence-electron chi connectivity index (χ4n) is 2.85. The van der Waals surface area contributed by atoms with Crippen LogP contribution in [0.15, 0.2) is 42.7 Å². The van der Waals surface area contributed by atoms with Crippen LogP contribution in [0.2, 0.25) is 0 Å². The van der Waals surface area contributed by atoms with Gasteiger partial charge >= 0.3 is 0 Å². The molecule has 104 valence electrons. The summed E-state index contributed by atoms with van der Waals surface area (Å²) in [5, 5.41) is 4.22. The van der Waals surface area contributed by atoms with Crippen molar-refractivity contribution < 1.29 is 0 Å². The Hall–Kier alpha value is -1.88. The summed E-state index contributed by atoms with van der Waals surface area (Å²) in [5.41, 5.74) is 2.27. The second-order valence-electron chi connectivity index (χ2n) is 4.96. The topological polar surface area (TPSA) is 33.1 Å². The molecule has 1 aliphatic heterocycles. The summed E-state index contributed by atoms with van der Waals surface area (Å²) >= 11 is 5.49. The van der Waals surface area contributed by atoms with E-state index in [-0.39, 0.29) is 12.1 Å². The number of pyridine rings is 1. The van der Waals surface area contributed by atoms with E-state index in [2.05, 4.69) is 58.1 Å². The summed E-state index contributed by atoms with van der Waals surface area (Å²) in [5.74, 6) is 0. The number of aromatic nitrogens is 2. The quantitative estimate of drug-likeness (QED) is 0.879. The van der Waals surface area contributed by atoms with E-state index >= 15 is 0 Å². The highest BCUT2D eigenvalue weighted by Crippen LogP contribution is 2.37. The predicted octanol–water partition coefficient (Wildman–Crippen LogP) is 2.41. The molecule has 1 N–H and O–H groups in total. The summed E-state index contributed by atoms with van der Waals surface area (Å²) < 4.78 is 2.15. The first-order valence-corrected chi connectivity index (χ1v) is 7.22. The number of aryl methyl sites for hydroxylation is 1. The van der Waals surface area contributed by atoms with Gasteiger partial charge < -0.3 is 14.8 Å². The molecule has 1 saturated heterocycles. The average molecular weight is 286 g/mol. The van der Waals surface area contributed by atoms with Crippen molar-refractivity contribution in [1.82, 2.24) is 19.8 Å². The first kappa shape index (κ1) is 13.1. The molecule has 0 bridgehead atoms. The minimum Gasteiger partial charge on any atom is -0.353 e. The van der Waals surface area contributed by atoms with Crippen molar-refractivity contribution in [3.63, 3.8) is 0 Å². The van der Waals surface area contributed by atoms with Crippen LogP contribution in [-0.2, 0) is 7.05 Å². The normalized spacial score (nSPS) is 22.1. The zero-order valence-corrected chi connectivity index (χ0v) is 12.5. The van der Waals surface area contributed by atoms with E-state index in [1.165, 1.54) is 5.69 Å². The van der Waals surface area contributed by atoms with Crippen LogP contribution in [-0.4, -0.2) is 26.1 Å². The number of hydrogen-bond acceptors (Lipinski definition) is 2. The predicted molar refractivity (Wildman–Crippen MR) is 83.2 cm³/mol. The molecule has 0 spiro atoms. The Morgan fingerprint density at radius 2 is 2.15 bits per heavy atom. The second kappa shape index (κ2) is 5.25. The SMILES string of the molecule is CCN1C(=S)N[C@@H](c2ccccn2)[C@H]1c1cccn1C. The Kier molecular flexibility index (Phi) is 3.44. The summed E-state index contributed by atoms with van der Waals surface area (Å²) in [6, 6.07) is 10.5. The molecule has 4 nitrogen and oxygen atoms in total. The average Bonchev–Trinajstić information content (AvgIpc) is 3.02. The van der Waals surface area contributed by atoms with Crippen LogP contribution >= 0.6 is 12.2 Å².